The second-order valence-electron chi connectivity index (χ2n) is 5.11. The highest BCUT2D eigenvalue weighted by atomic mass is 16.5. The Hall–Kier alpha value is -1.36. The van der Waals surface area contributed by atoms with Gasteiger partial charge in [-0.1, -0.05) is 30.4 Å². The fraction of sp³-hybridized carbons (Fsp3) is 0.500. The van der Waals surface area contributed by atoms with E-state index in [2.05, 4.69) is 5.32 Å². The van der Waals surface area contributed by atoms with Gasteiger partial charge in [0.2, 0.25) is 0 Å². The third-order valence-electron chi connectivity index (χ3n) is 3.58. The lowest BCUT2D eigenvalue weighted by Gasteiger charge is -2.32. The highest BCUT2D eigenvalue weighted by Gasteiger charge is 2.28. The lowest BCUT2D eigenvalue weighted by atomic mass is 9.94. The zero-order valence-electron chi connectivity index (χ0n) is 12.0. The summed E-state index contributed by atoms with van der Waals surface area (Å²) >= 11 is 0. The summed E-state index contributed by atoms with van der Waals surface area (Å²) in [5.41, 5.74) is 0.442. The van der Waals surface area contributed by atoms with Gasteiger partial charge in [0, 0.05) is 44.7 Å². The molecule has 0 atom stereocenters. The monoisotopic (exact) mass is 277 g/mol. The Labute approximate surface area is 120 Å². The second kappa shape index (κ2) is 7.43. The summed E-state index contributed by atoms with van der Waals surface area (Å²) in [4.78, 5) is 0. The normalized spacial score (nSPS) is 18.3. The molecule has 0 spiro atoms. The Morgan fingerprint density at radius 3 is 2.85 bits per heavy atom. The van der Waals surface area contributed by atoms with Crippen LogP contribution in [0.15, 0.2) is 30.3 Å². The van der Waals surface area contributed by atoms with Gasteiger partial charge >= 0.3 is 0 Å². The molecule has 0 saturated carbocycles. The predicted octanol–water partition coefficient (Wildman–Crippen LogP) is 1.84. The lowest BCUT2D eigenvalue weighted by molar-refractivity contribution is -0.0610. The van der Waals surface area contributed by atoms with Gasteiger partial charge in [-0.3, -0.25) is 0 Å². The molecule has 1 aromatic rings. The molecule has 4 nitrogen and oxygen atoms in total. The van der Waals surface area contributed by atoms with Gasteiger partial charge < -0.3 is 19.9 Å². The molecule has 1 aliphatic heterocycles. The minimum atomic E-state index is -0.615. The molecular formula is C16H23NO3. The molecule has 20 heavy (non-hydrogen) atoms. The van der Waals surface area contributed by atoms with Crippen LogP contribution in [0.2, 0.25) is 0 Å². The molecule has 1 saturated heterocycles. The summed E-state index contributed by atoms with van der Waals surface area (Å²) in [6, 6.07) is 7.90. The van der Waals surface area contributed by atoms with Gasteiger partial charge in [-0.05, 0) is 6.07 Å². The van der Waals surface area contributed by atoms with Gasteiger partial charge in [-0.15, -0.1) is 0 Å². The zero-order valence-corrected chi connectivity index (χ0v) is 12.0. The molecule has 4 heteroatoms. The van der Waals surface area contributed by atoms with Crippen molar-refractivity contribution in [1.29, 1.82) is 0 Å². The van der Waals surface area contributed by atoms with Crippen molar-refractivity contribution in [3.8, 4) is 5.75 Å². The maximum Gasteiger partial charge on any atom is 0.126 e. The van der Waals surface area contributed by atoms with Crippen LogP contribution in [0.4, 0.5) is 0 Å². The van der Waals surface area contributed by atoms with Crippen molar-refractivity contribution in [2.45, 2.75) is 18.4 Å². The molecule has 2 rings (SSSR count). The second-order valence-corrected chi connectivity index (χ2v) is 5.11. The molecule has 1 aromatic carbocycles. The van der Waals surface area contributed by atoms with Crippen LogP contribution < -0.4 is 10.1 Å². The van der Waals surface area contributed by atoms with E-state index < -0.39 is 5.60 Å². The molecular weight excluding hydrogens is 254 g/mol. The molecule has 0 aromatic heterocycles. The van der Waals surface area contributed by atoms with E-state index in [0.29, 0.717) is 32.6 Å². The molecule has 0 bridgehead atoms. The van der Waals surface area contributed by atoms with Crippen molar-refractivity contribution in [3.05, 3.63) is 35.9 Å². The summed E-state index contributed by atoms with van der Waals surface area (Å²) in [5, 5.41) is 13.6. The first kappa shape index (κ1) is 15.0. The minimum Gasteiger partial charge on any atom is -0.496 e. The summed E-state index contributed by atoms with van der Waals surface area (Å²) in [7, 11) is 1.67. The van der Waals surface area contributed by atoms with Crippen LogP contribution in [0.3, 0.4) is 0 Å². The first-order chi connectivity index (χ1) is 9.73. The topological polar surface area (TPSA) is 50.7 Å². The standard InChI is InChI=1S/C16H23NO3/c1-19-15-7-3-2-5-14(15)6-4-10-17-13-16(18)8-11-20-12-9-16/h2-7,17-18H,8-13H2,1H3/b6-4+. The van der Waals surface area contributed by atoms with E-state index in [9.17, 15) is 5.11 Å². The Morgan fingerprint density at radius 2 is 2.10 bits per heavy atom. The van der Waals surface area contributed by atoms with Crippen molar-refractivity contribution >= 4 is 6.08 Å². The van der Waals surface area contributed by atoms with E-state index in [-0.39, 0.29) is 0 Å². The summed E-state index contributed by atoms with van der Waals surface area (Å²) < 4.78 is 10.5. The zero-order chi connectivity index (χ0) is 14.3. The molecule has 1 heterocycles. The van der Waals surface area contributed by atoms with Crippen LogP contribution in [-0.2, 0) is 4.74 Å². The Morgan fingerprint density at radius 1 is 1.35 bits per heavy atom. The smallest absolute Gasteiger partial charge is 0.126 e. The third-order valence-corrected chi connectivity index (χ3v) is 3.58. The highest BCUT2D eigenvalue weighted by Crippen LogP contribution is 2.20. The molecule has 1 aliphatic rings. The number of para-hydroxylation sites is 1. The minimum absolute atomic E-state index is 0.604. The van der Waals surface area contributed by atoms with Gasteiger partial charge in [0.25, 0.3) is 0 Å². The molecule has 0 unspecified atom stereocenters. The number of ether oxygens (including phenoxy) is 2. The number of benzene rings is 1. The maximum absolute atomic E-state index is 10.3. The average molecular weight is 277 g/mol. The van der Waals surface area contributed by atoms with Crippen LogP contribution >= 0.6 is 0 Å². The quantitative estimate of drug-likeness (QED) is 0.779. The Balaban J connectivity index is 1.76. The van der Waals surface area contributed by atoms with E-state index in [4.69, 9.17) is 9.47 Å². The van der Waals surface area contributed by atoms with Crippen LogP contribution in [0.1, 0.15) is 18.4 Å². The van der Waals surface area contributed by atoms with Gasteiger partial charge in [-0.2, -0.15) is 0 Å². The van der Waals surface area contributed by atoms with E-state index in [1.165, 1.54) is 0 Å². The van der Waals surface area contributed by atoms with E-state index in [1.807, 2.05) is 36.4 Å². The maximum atomic E-state index is 10.3. The van der Waals surface area contributed by atoms with Gasteiger partial charge in [0.05, 0.1) is 12.7 Å². The van der Waals surface area contributed by atoms with E-state index in [1.54, 1.807) is 7.11 Å². The van der Waals surface area contributed by atoms with Crippen molar-refractivity contribution in [3.63, 3.8) is 0 Å². The fourth-order valence-corrected chi connectivity index (χ4v) is 2.31. The molecule has 0 amide bonds. The number of methoxy groups -OCH3 is 1. The first-order valence-corrected chi connectivity index (χ1v) is 7.04. The largest absolute Gasteiger partial charge is 0.496 e. The van der Waals surface area contributed by atoms with Crippen molar-refractivity contribution < 1.29 is 14.6 Å². The van der Waals surface area contributed by atoms with Gasteiger partial charge in [0.1, 0.15) is 5.75 Å². The molecule has 2 N–H and O–H groups in total. The Bertz CT molecular complexity index is 439. The number of hydrogen-bond donors (Lipinski definition) is 2. The number of nitrogens with one attached hydrogen (secondary N) is 1. The molecule has 110 valence electrons. The Kier molecular flexibility index (Phi) is 5.59. The number of hydrogen-bond acceptors (Lipinski definition) is 4. The van der Waals surface area contributed by atoms with Gasteiger partial charge in [-0.25, -0.2) is 0 Å². The number of aliphatic hydroxyl groups is 1. The first-order valence-electron chi connectivity index (χ1n) is 7.04. The molecule has 1 fully saturated rings. The van der Waals surface area contributed by atoms with Crippen molar-refractivity contribution in [1.82, 2.24) is 5.32 Å². The molecule has 0 aliphatic carbocycles. The summed E-state index contributed by atoms with van der Waals surface area (Å²) in [5.74, 6) is 0.867. The third kappa shape index (κ3) is 4.34. The van der Waals surface area contributed by atoms with E-state index >= 15 is 0 Å². The highest BCUT2D eigenvalue weighted by molar-refractivity contribution is 5.57. The summed E-state index contributed by atoms with van der Waals surface area (Å²) in [6.07, 6.45) is 5.48. The SMILES string of the molecule is COc1ccccc1/C=C/CNCC1(O)CCOCC1. The average Bonchev–Trinajstić information content (AvgIpc) is 2.48. The van der Waals surface area contributed by atoms with Crippen LogP contribution in [0.5, 0.6) is 5.75 Å². The van der Waals surface area contributed by atoms with Crippen molar-refractivity contribution in [2.24, 2.45) is 0 Å². The number of rotatable bonds is 6. The molecule has 0 radical (unpaired) electrons. The van der Waals surface area contributed by atoms with Crippen LogP contribution in [0, 0.1) is 0 Å². The van der Waals surface area contributed by atoms with Crippen molar-refractivity contribution in [2.75, 3.05) is 33.4 Å². The van der Waals surface area contributed by atoms with E-state index in [0.717, 1.165) is 17.9 Å². The fourth-order valence-electron chi connectivity index (χ4n) is 2.31. The van der Waals surface area contributed by atoms with Gasteiger partial charge in [0.15, 0.2) is 0 Å². The summed E-state index contributed by atoms with van der Waals surface area (Å²) in [6.45, 7) is 2.62. The lowest BCUT2D eigenvalue weighted by Crippen LogP contribution is -2.45. The van der Waals surface area contributed by atoms with Crippen LogP contribution in [0.25, 0.3) is 6.08 Å². The predicted molar refractivity (Wildman–Crippen MR) is 79.9 cm³/mol. The van der Waals surface area contributed by atoms with Crippen LogP contribution in [-0.4, -0.2) is 44.1 Å².